The molecule has 1 aliphatic rings. The fourth-order valence-corrected chi connectivity index (χ4v) is 6.58. The molecule has 1 N–H and O–H groups in total. The summed E-state index contributed by atoms with van der Waals surface area (Å²) < 4.78 is 42.8. The smallest absolute Gasteiger partial charge is 0.233 e. The van der Waals surface area contributed by atoms with Crippen LogP contribution in [0.15, 0.2) is 51.4 Å². The standard InChI is InChI=1S/C19H19FN4O4S3/c20-13-3-5-14(6-4-13)21-18-22-23-19(30-18)29-11-17(25)24(10-16-2-1-8-28-16)15-7-9-31(26,27)12-15/h1-6,8,15H,7,9-12H2,(H,21,22). The van der Waals surface area contributed by atoms with Gasteiger partial charge in [0.2, 0.25) is 11.0 Å². The van der Waals surface area contributed by atoms with Gasteiger partial charge in [-0.1, -0.05) is 23.1 Å². The summed E-state index contributed by atoms with van der Waals surface area (Å²) in [6.07, 6.45) is 1.94. The van der Waals surface area contributed by atoms with E-state index in [1.54, 1.807) is 29.2 Å². The molecule has 0 radical (unpaired) electrons. The molecule has 1 unspecified atom stereocenters. The molecule has 1 fully saturated rings. The molecule has 2 aromatic heterocycles. The molecule has 1 amide bonds. The zero-order valence-corrected chi connectivity index (χ0v) is 18.7. The van der Waals surface area contributed by atoms with Crippen molar-refractivity contribution in [3.8, 4) is 0 Å². The van der Waals surface area contributed by atoms with Crippen LogP contribution < -0.4 is 5.32 Å². The minimum absolute atomic E-state index is 0.0331. The first-order chi connectivity index (χ1) is 14.9. The number of furan rings is 1. The molecule has 31 heavy (non-hydrogen) atoms. The van der Waals surface area contributed by atoms with Crippen molar-refractivity contribution < 1.29 is 22.0 Å². The van der Waals surface area contributed by atoms with Crippen LogP contribution in [0.2, 0.25) is 0 Å². The monoisotopic (exact) mass is 482 g/mol. The number of amides is 1. The molecule has 0 aliphatic carbocycles. The Morgan fingerprint density at radius 2 is 2.10 bits per heavy atom. The van der Waals surface area contributed by atoms with Crippen molar-refractivity contribution >= 4 is 49.7 Å². The molecular formula is C19H19FN4O4S3. The van der Waals surface area contributed by atoms with Crippen LogP contribution >= 0.6 is 23.1 Å². The van der Waals surface area contributed by atoms with Crippen molar-refractivity contribution in [3.63, 3.8) is 0 Å². The molecule has 3 aromatic rings. The minimum atomic E-state index is -3.13. The number of aromatic nitrogens is 2. The number of nitrogens with zero attached hydrogens (tertiary/aromatic N) is 3. The zero-order chi connectivity index (χ0) is 21.8. The number of hydrogen-bond donors (Lipinski definition) is 1. The maximum atomic E-state index is 13.0. The quantitative estimate of drug-likeness (QED) is 0.488. The average molecular weight is 483 g/mol. The van der Waals surface area contributed by atoms with E-state index in [1.165, 1.54) is 41.5 Å². The highest BCUT2D eigenvalue weighted by Crippen LogP contribution is 2.29. The molecule has 164 valence electrons. The fourth-order valence-electron chi connectivity index (χ4n) is 3.19. The number of carbonyl (C=O) groups excluding carboxylic acids is 1. The van der Waals surface area contributed by atoms with Crippen molar-refractivity contribution in [1.82, 2.24) is 15.1 Å². The van der Waals surface area contributed by atoms with Gasteiger partial charge in [-0.15, -0.1) is 10.2 Å². The van der Waals surface area contributed by atoms with E-state index in [-0.39, 0.29) is 41.6 Å². The number of carbonyl (C=O) groups is 1. The SMILES string of the molecule is O=C(CSc1nnc(Nc2ccc(F)cc2)s1)N(Cc1ccco1)C1CCS(=O)(=O)C1. The minimum Gasteiger partial charge on any atom is -0.467 e. The zero-order valence-electron chi connectivity index (χ0n) is 16.2. The van der Waals surface area contributed by atoms with Gasteiger partial charge in [0.1, 0.15) is 11.6 Å². The van der Waals surface area contributed by atoms with E-state index < -0.39 is 9.84 Å². The summed E-state index contributed by atoms with van der Waals surface area (Å²) in [5, 5.41) is 11.7. The van der Waals surface area contributed by atoms with Crippen molar-refractivity contribution in [1.29, 1.82) is 0 Å². The lowest BCUT2D eigenvalue weighted by molar-refractivity contribution is -0.131. The molecule has 0 spiro atoms. The van der Waals surface area contributed by atoms with Gasteiger partial charge in [-0.25, -0.2) is 12.8 Å². The van der Waals surface area contributed by atoms with E-state index in [4.69, 9.17) is 4.42 Å². The lowest BCUT2D eigenvalue weighted by Crippen LogP contribution is -2.41. The predicted octanol–water partition coefficient (Wildman–Crippen LogP) is 3.32. The third kappa shape index (κ3) is 5.83. The van der Waals surface area contributed by atoms with Crippen molar-refractivity contribution in [2.75, 3.05) is 22.6 Å². The van der Waals surface area contributed by atoms with E-state index in [9.17, 15) is 17.6 Å². The number of thioether (sulfide) groups is 1. The van der Waals surface area contributed by atoms with Gasteiger partial charge in [-0.2, -0.15) is 0 Å². The molecule has 3 heterocycles. The van der Waals surface area contributed by atoms with Gasteiger partial charge >= 0.3 is 0 Å². The number of nitrogens with one attached hydrogen (secondary N) is 1. The van der Waals surface area contributed by atoms with Crippen LogP contribution in [-0.4, -0.2) is 52.7 Å². The molecule has 1 saturated heterocycles. The van der Waals surface area contributed by atoms with Crippen molar-refractivity contribution in [2.24, 2.45) is 0 Å². The van der Waals surface area contributed by atoms with Crippen LogP contribution in [0.4, 0.5) is 15.2 Å². The van der Waals surface area contributed by atoms with Crippen LogP contribution in [0.3, 0.4) is 0 Å². The second kappa shape index (κ2) is 9.37. The number of hydrogen-bond acceptors (Lipinski definition) is 9. The molecule has 1 aliphatic heterocycles. The number of benzene rings is 1. The summed E-state index contributed by atoms with van der Waals surface area (Å²) >= 11 is 2.51. The van der Waals surface area contributed by atoms with E-state index in [0.29, 0.717) is 27.3 Å². The van der Waals surface area contributed by atoms with Crippen LogP contribution in [0.1, 0.15) is 12.2 Å². The lowest BCUT2D eigenvalue weighted by atomic mass is 10.2. The van der Waals surface area contributed by atoms with Crippen molar-refractivity contribution in [2.45, 2.75) is 23.3 Å². The third-order valence-corrected chi connectivity index (χ3v) is 8.40. The topological polar surface area (TPSA) is 105 Å². The molecule has 1 aromatic carbocycles. The Labute approximate surface area is 186 Å². The van der Waals surface area contributed by atoms with Crippen LogP contribution in [0.5, 0.6) is 0 Å². The van der Waals surface area contributed by atoms with Gasteiger partial charge in [-0.05, 0) is 42.8 Å². The third-order valence-electron chi connectivity index (χ3n) is 4.70. The summed E-state index contributed by atoms with van der Waals surface area (Å²) in [6, 6.07) is 8.99. The predicted molar refractivity (Wildman–Crippen MR) is 117 cm³/mol. The molecule has 1 atom stereocenters. The van der Waals surface area contributed by atoms with Gasteiger partial charge in [0.05, 0.1) is 30.1 Å². The highest BCUT2D eigenvalue weighted by Gasteiger charge is 2.35. The normalized spacial score (nSPS) is 17.5. The summed E-state index contributed by atoms with van der Waals surface area (Å²) in [5.74, 6) is 0.237. The van der Waals surface area contributed by atoms with Gasteiger partial charge in [0, 0.05) is 11.7 Å². The maximum Gasteiger partial charge on any atom is 0.233 e. The Hall–Kier alpha value is -2.44. The number of halogens is 1. The number of rotatable bonds is 8. The summed E-state index contributed by atoms with van der Waals surface area (Å²) in [4.78, 5) is 14.5. The lowest BCUT2D eigenvalue weighted by Gasteiger charge is -2.27. The second-order valence-electron chi connectivity index (χ2n) is 6.95. The second-order valence-corrected chi connectivity index (χ2v) is 11.4. The van der Waals surface area contributed by atoms with E-state index in [1.807, 2.05) is 0 Å². The van der Waals surface area contributed by atoms with E-state index in [2.05, 4.69) is 15.5 Å². The van der Waals surface area contributed by atoms with Gasteiger partial charge < -0.3 is 14.6 Å². The highest BCUT2D eigenvalue weighted by atomic mass is 32.2. The summed E-state index contributed by atoms with van der Waals surface area (Å²) in [7, 11) is -3.13. The Bertz CT molecular complexity index is 1130. The number of anilines is 2. The van der Waals surface area contributed by atoms with Crippen molar-refractivity contribution in [3.05, 3.63) is 54.2 Å². The van der Waals surface area contributed by atoms with E-state index >= 15 is 0 Å². The molecule has 0 bridgehead atoms. The first-order valence-corrected chi connectivity index (χ1v) is 13.0. The average Bonchev–Trinajstić information content (AvgIpc) is 3.48. The highest BCUT2D eigenvalue weighted by molar-refractivity contribution is 8.01. The molecule has 0 saturated carbocycles. The number of sulfone groups is 1. The molecule has 8 nitrogen and oxygen atoms in total. The van der Waals surface area contributed by atoms with E-state index in [0.717, 1.165) is 0 Å². The van der Waals surface area contributed by atoms with Gasteiger partial charge in [0.15, 0.2) is 14.2 Å². The first kappa shape index (κ1) is 21.8. The van der Waals surface area contributed by atoms with Crippen LogP contribution in [0, 0.1) is 5.82 Å². The van der Waals surface area contributed by atoms with Gasteiger partial charge in [0.25, 0.3) is 0 Å². The molecule has 12 heteroatoms. The maximum absolute atomic E-state index is 13.0. The molecular weight excluding hydrogens is 463 g/mol. The molecule has 4 rings (SSSR count). The Balaban J connectivity index is 1.38. The van der Waals surface area contributed by atoms with Crippen LogP contribution in [-0.2, 0) is 21.2 Å². The largest absolute Gasteiger partial charge is 0.467 e. The Kier molecular flexibility index (Phi) is 6.58. The first-order valence-electron chi connectivity index (χ1n) is 9.39. The Morgan fingerprint density at radius 3 is 2.77 bits per heavy atom. The summed E-state index contributed by atoms with van der Waals surface area (Å²) in [5.41, 5.74) is 0.678. The van der Waals surface area contributed by atoms with Crippen LogP contribution in [0.25, 0.3) is 0 Å². The summed E-state index contributed by atoms with van der Waals surface area (Å²) in [6.45, 7) is 0.222. The Morgan fingerprint density at radius 1 is 1.29 bits per heavy atom. The fraction of sp³-hybridized carbons (Fsp3) is 0.316. The van der Waals surface area contributed by atoms with Gasteiger partial charge in [-0.3, -0.25) is 4.79 Å².